The zero-order valence-electron chi connectivity index (χ0n) is 4.09. The first-order valence-corrected chi connectivity index (χ1v) is 2.19. The molecule has 0 aliphatic carbocycles. The lowest BCUT2D eigenvalue weighted by molar-refractivity contribution is -0.137. The van der Waals surface area contributed by atoms with E-state index in [4.69, 9.17) is 0 Å². The van der Waals surface area contributed by atoms with Gasteiger partial charge in [-0.05, 0) is 6.08 Å². The lowest BCUT2D eigenvalue weighted by atomic mass is 10.4. The van der Waals surface area contributed by atoms with Gasteiger partial charge in [-0.25, -0.2) is 0 Å². The average Bonchev–Trinajstić information content (AvgIpc) is 2.14. The number of ether oxygens (including phenoxy) is 1. The van der Waals surface area contributed by atoms with Crippen LogP contribution in [0.4, 0.5) is 0 Å². The lowest BCUT2D eigenvalue weighted by Gasteiger charge is -1.86. The Morgan fingerprint density at radius 2 is 2.50 bits per heavy atom. The third-order valence-electron chi connectivity index (χ3n) is 0.818. The smallest absolute Gasteiger partial charge is 0.315 e. The number of hydrogen-bond acceptors (Lipinski definition) is 3. The zero-order chi connectivity index (χ0) is 5.98. The summed E-state index contributed by atoms with van der Waals surface area (Å²) in [6.45, 7) is 0. The summed E-state index contributed by atoms with van der Waals surface area (Å²) in [4.78, 5) is 20.0. The Morgan fingerprint density at radius 3 is 2.75 bits per heavy atom. The maximum absolute atomic E-state index is 10.2. The number of carbonyl (C=O) groups is 2. The molecular weight excluding hydrogens is 108 g/mol. The Labute approximate surface area is 45.9 Å². The number of esters is 1. The van der Waals surface area contributed by atoms with Gasteiger partial charge in [-0.1, -0.05) is 0 Å². The van der Waals surface area contributed by atoms with Gasteiger partial charge in [0.25, 0.3) is 0 Å². The first kappa shape index (κ1) is 5.03. The Hall–Kier alpha value is -1.12. The Bertz CT molecular complexity index is 157. The van der Waals surface area contributed by atoms with Crippen LogP contribution in [0.3, 0.4) is 0 Å². The van der Waals surface area contributed by atoms with Crippen molar-refractivity contribution in [3.63, 3.8) is 0 Å². The fourth-order valence-electron chi connectivity index (χ4n) is 0.471. The SMILES string of the molecule is O=CC1=CCC(=O)O1. The van der Waals surface area contributed by atoms with E-state index in [2.05, 4.69) is 4.74 Å². The molecule has 1 aliphatic rings. The van der Waals surface area contributed by atoms with Crippen LogP contribution in [0.2, 0.25) is 0 Å². The molecule has 0 aromatic heterocycles. The molecular formula is C5H4O3. The third kappa shape index (κ3) is 0.753. The van der Waals surface area contributed by atoms with E-state index < -0.39 is 0 Å². The zero-order valence-corrected chi connectivity index (χ0v) is 4.09. The summed E-state index contributed by atoms with van der Waals surface area (Å²) in [5.74, 6) is -0.220. The molecule has 8 heavy (non-hydrogen) atoms. The molecule has 0 unspecified atom stereocenters. The number of allylic oxidation sites excluding steroid dienone is 1. The number of hydrogen-bond donors (Lipinski definition) is 0. The molecule has 1 rings (SSSR count). The summed E-state index contributed by atoms with van der Waals surface area (Å²) in [6, 6.07) is 0. The topological polar surface area (TPSA) is 43.4 Å². The summed E-state index contributed by atoms with van der Waals surface area (Å²) >= 11 is 0. The quantitative estimate of drug-likeness (QED) is 0.354. The molecule has 0 fully saturated rings. The van der Waals surface area contributed by atoms with Crippen LogP contribution in [0.25, 0.3) is 0 Å². The van der Waals surface area contributed by atoms with Crippen molar-refractivity contribution >= 4 is 12.3 Å². The third-order valence-corrected chi connectivity index (χ3v) is 0.818. The van der Waals surface area contributed by atoms with Crippen LogP contribution in [-0.4, -0.2) is 12.3 Å². The maximum Gasteiger partial charge on any atom is 0.315 e. The lowest BCUT2D eigenvalue weighted by Crippen LogP contribution is -1.93. The number of aldehydes is 1. The highest BCUT2D eigenvalue weighted by Crippen LogP contribution is 2.06. The monoisotopic (exact) mass is 112 g/mol. The fraction of sp³-hybridized carbons (Fsp3) is 0.200. The van der Waals surface area contributed by atoms with Gasteiger partial charge in [0.2, 0.25) is 0 Å². The van der Waals surface area contributed by atoms with Crippen molar-refractivity contribution < 1.29 is 14.3 Å². The first-order chi connectivity index (χ1) is 3.83. The number of cyclic esters (lactones) is 1. The van der Waals surface area contributed by atoms with E-state index in [1.54, 1.807) is 0 Å². The normalized spacial score (nSPS) is 17.5. The molecule has 0 amide bonds. The van der Waals surface area contributed by atoms with E-state index in [9.17, 15) is 9.59 Å². The van der Waals surface area contributed by atoms with Crippen LogP contribution in [0.5, 0.6) is 0 Å². The average molecular weight is 112 g/mol. The molecule has 0 spiro atoms. The van der Waals surface area contributed by atoms with Crippen LogP contribution in [-0.2, 0) is 14.3 Å². The minimum atomic E-state index is -0.355. The van der Waals surface area contributed by atoms with Crippen LogP contribution >= 0.6 is 0 Å². The largest absolute Gasteiger partial charge is 0.423 e. The van der Waals surface area contributed by atoms with Gasteiger partial charge < -0.3 is 4.74 Å². The minimum Gasteiger partial charge on any atom is -0.423 e. The van der Waals surface area contributed by atoms with Crippen molar-refractivity contribution in [1.29, 1.82) is 0 Å². The van der Waals surface area contributed by atoms with Gasteiger partial charge in [0.1, 0.15) is 0 Å². The van der Waals surface area contributed by atoms with Crippen molar-refractivity contribution in [1.82, 2.24) is 0 Å². The van der Waals surface area contributed by atoms with Gasteiger partial charge >= 0.3 is 5.97 Å². The molecule has 3 nitrogen and oxygen atoms in total. The van der Waals surface area contributed by atoms with Gasteiger partial charge in [0, 0.05) is 0 Å². The minimum absolute atomic E-state index is 0.134. The summed E-state index contributed by atoms with van der Waals surface area (Å²) in [5.41, 5.74) is 0. The van der Waals surface area contributed by atoms with E-state index in [1.165, 1.54) is 6.08 Å². The molecule has 0 radical (unpaired) electrons. The van der Waals surface area contributed by atoms with E-state index in [-0.39, 0.29) is 18.1 Å². The van der Waals surface area contributed by atoms with Gasteiger partial charge in [-0.15, -0.1) is 0 Å². The van der Waals surface area contributed by atoms with E-state index in [1.807, 2.05) is 0 Å². The number of carbonyl (C=O) groups excluding carboxylic acids is 2. The van der Waals surface area contributed by atoms with Crippen LogP contribution in [0.1, 0.15) is 6.42 Å². The molecule has 3 heteroatoms. The molecule has 1 aliphatic heterocycles. The van der Waals surface area contributed by atoms with Crippen molar-refractivity contribution in [2.75, 3.05) is 0 Å². The Balaban J connectivity index is 2.61. The summed E-state index contributed by atoms with van der Waals surface area (Å²) in [6.07, 6.45) is 2.20. The van der Waals surface area contributed by atoms with Gasteiger partial charge in [0.15, 0.2) is 12.0 Å². The van der Waals surface area contributed by atoms with Crippen LogP contribution in [0.15, 0.2) is 11.8 Å². The van der Waals surface area contributed by atoms with Crippen LogP contribution in [0, 0.1) is 0 Å². The van der Waals surface area contributed by atoms with Crippen LogP contribution < -0.4 is 0 Å². The predicted molar refractivity (Wildman–Crippen MR) is 24.9 cm³/mol. The highest BCUT2D eigenvalue weighted by molar-refractivity contribution is 5.84. The Kier molecular flexibility index (Phi) is 1.12. The second-order valence-corrected chi connectivity index (χ2v) is 1.40. The highest BCUT2D eigenvalue weighted by atomic mass is 16.5. The molecule has 0 bridgehead atoms. The Morgan fingerprint density at radius 1 is 1.75 bits per heavy atom. The molecule has 0 aromatic carbocycles. The predicted octanol–water partition coefficient (Wildman–Crippen LogP) is 0.0161. The van der Waals surface area contributed by atoms with Crippen molar-refractivity contribution in [3.05, 3.63) is 11.8 Å². The molecule has 0 aromatic rings. The van der Waals surface area contributed by atoms with Crippen molar-refractivity contribution in [2.45, 2.75) is 6.42 Å². The standard InChI is InChI=1S/C5H4O3/c6-3-4-1-2-5(7)8-4/h1,3H,2H2. The van der Waals surface area contributed by atoms with Crippen molar-refractivity contribution in [2.24, 2.45) is 0 Å². The molecule has 0 saturated heterocycles. The molecule has 1 heterocycles. The number of rotatable bonds is 1. The summed E-state index contributed by atoms with van der Waals surface area (Å²) in [5, 5.41) is 0. The van der Waals surface area contributed by atoms with E-state index >= 15 is 0 Å². The first-order valence-electron chi connectivity index (χ1n) is 2.19. The molecule has 0 saturated carbocycles. The second-order valence-electron chi connectivity index (χ2n) is 1.40. The van der Waals surface area contributed by atoms with Crippen molar-refractivity contribution in [3.8, 4) is 0 Å². The molecule has 0 N–H and O–H groups in total. The maximum atomic E-state index is 10.2. The molecule has 0 atom stereocenters. The fourth-order valence-corrected chi connectivity index (χ4v) is 0.471. The summed E-state index contributed by atoms with van der Waals surface area (Å²) < 4.78 is 4.36. The molecule has 42 valence electrons. The summed E-state index contributed by atoms with van der Waals surface area (Å²) in [7, 11) is 0. The second kappa shape index (κ2) is 1.78. The van der Waals surface area contributed by atoms with Gasteiger partial charge in [-0.2, -0.15) is 0 Å². The van der Waals surface area contributed by atoms with Gasteiger partial charge in [-0.3, -0.25) is 9.59 Å². The van der Waals surface area contributed by atoms with E-state index in [0.717, 1.165) is 0 Å². The van der Waals surface area contributed by atoms with Gasteiger partial charge in [0.05, 0.1) is 6.42 Å². The van der Waals surface area contributed by atoms with E-state index in [0.29, 0.717) is 6.29 Å². The highest BCUT2D eigenvalue weighted by Gasteiger charge is 2.11.